The fraction of sp³-hybridized carbons (Fsp3) is 0.900. The lowest BCUT2D eigenvalue weighted by molar-refractivity contribution is -0.132. The molecule has 1 unspecified atom stereocenters. The van der Waals surface area contributed by atoms with Crippen LogP contribution in [0.4, 0.5) is 0 Å². The highest BCUT2D eigenvalue weighted by Gasteiger charge is 2.18. The van der Waals surface area contributed by atoms with E-state index in [1.54, 1.807) is 4.90 Å². The topological polar surface area (TPSA) is 66.6 Å². The van der Waals surface area contributed by atoms with E-state index >= 15 is 0 Å². The average molecular weight is 202 g/mol. The van der Waals surface area contributed by atoms with Crippen molar-refractivity contribution < 1.29 is 9.90 Å². The highest BCUT2D eigenvalue weighted by Crippen LogP contribution is 2.00. The molecule has 0 aliphatic carbocycles. The number of hydrogen-bond donors (Lipinski definition) is 2. The van der Waals surface area contributed by atoms with Crippen molar-refractivity contribution in [1.82, 2.24) is 4.90 Å². The van der Waals surface area contributed by atoms with Crippen LogP contribution in [0.3, 0.4) is 0 Å². The first-order valence-corrected chi connectivity index (χ1v) is 5.32. The lowest BCUT2D eigenvalue weighted by Gasteiger charge is -2.23. The number of amides is 1. The summed E-state index contributed by atoms with van der Waals surface area (Å²) in [6.07, 6.45) is 2.28. The molecule has 4 heteroatoms. The van der Waals surface area contributed by atoms with E-state index in [1.807, 2.05) is 13.8 Å². The van der Waals surface area contributed by atoms with Gasteiger partial charge >= 0.3 is 0 Å². The van der Waals surface area contributed by atoms with Crippen LogP contribution in [0, 0.1) is 0 Å². The Kier molecular flexibility index (Phi) is 7.42. The van der Waals surface area contributed by atoms with Gasteiger partial charge in [0.15, 0.2) is 0 Å². The van der Waals surface area contributed by atoms with E-state index in [4.69, 9.17) is 10.8 Å². The molecular formula is C10H22N2O2. The van der Waals surface area contributed by atoms with Crippen molar-refractivity contribution in [3.8, 4) is 0 Å². The monoisotopic (exact) mass is 202 g/mol. The molecule has 0 radical (unpaired) electrons. The fourth-order valence-corrected chi connectivity index (χ4v) is 1.35. The minimum Gasteiger partial charge on any atom is -0.396 e. The number of carbonyl (C=O) groups is 1. The zero-order valence-corrected chi connectivity index (χ0v) is 9.20. The molecule has 14 heavy (non-hydrogen) atoms. The predicted molar refractivity (Wildman–Crippen MR) is 56.8 cm³/mol. The number of rotatable bonds is 7. The summed E-state index contributed by atoms with van der Waals surface area (Å²) in [7, 11) is 0. The number of likely N-dealkylation sites (N-methyl/N-ethyl adjacent to an activating group) is 1. The molecule has 0 aliphatic heterocycles. The van der Waals surface area contributed by atoms with Gasteiger partial charge in [0.2, 0.25) is 5.91 Å². The van der Waals surface area contributed by atoms with Crippen LogP contribution < -0.4 is 5.73 Å². The first kappa shape index (κ1) is 13.4. The van der Waals surface area contributed by atoms with E-state index in [-0.39, 0.29) is 18.6 Å². The Hall–Kier alpha value is -0.610. The zero-order chi connectivity index (χ0) is 11.0. The van der Waals surface area contributed by atoms with Crippen LogP contribution in [-0.2, 0) is 4.79 Å². The Labute approximate surface area is 86.1 Å². The number of aliphatic hydroxyl groups excluding tert-OH is 1. The number of aliphatic hydroxyl groups is 1. The second kappa shape index (κ2) is 7.76. The molecular weight excluding hydrogens is 180 g/mol. The van der Waals surface area contributed by atoms with Crippen LogP contribution >= 0.6 is 0 Å². The summed E-state index contributed by atoms with van der Waals surface area (Å²) in [6.45, 7) is 5.32. The summed E-state index contributed by atoms with van der Waals surface area (Å²) in [6, 6.07) is -0.376. The Bertz CT molecular complexity index is 162. The largest absolute Gasteiger partial charge is 0.396 e. The number of hydrogen-bond acceptors (Lipinski definition) is 3. The van der Waals surface area contributed by atoms with Crippen LogP contribution in [0.1, 0.15) is 33.1 Å². The van der Waals surface area contributed by atoms with Crippen molar-refractivity contribution in [2.45, 2.75) is 39.2 Å². The molecule has 0 saturated carbocycles. The van der Waals surface area contributed by atoms with Crippen molar-refractivity contribution in [3.05, 3.63) is 0 Å². The first-order valence-electron chi connectivity index (χ1n) is 5.32. The molecule has 0 saturated heterocycles. The van der Waals surface area contributed by atoms with Crippen LogP contribution in [0.5, 0.6) is 0 Å². The minimum atomic E-state index is -0.376. The lowest BCUT2D eigenvalue weighted by atomic mass is 10.1. The molecule has 0 aromatic heterocycles. The normalized spacial score (nSPS) is 12.6. The third-order valence-electron chi connectivity index (χ3n) is 2.20. The predicted octanol–water partition coefficient (Wildman–Crippen LogP) is 0.345. The van der Waals surface area contributed by atoms with Gasteiger partial charge in [-0.25, -0.2) is 0 Å². The van der Waals surface area contributed by atoms with Crippen molar-refractivity contribution in [2.24, 2.45) is 5.73 Å². The molecule has 3 N–H and O–H groups in total. The highest BCUT2D eigenvalue weighted by atomic mass is 16.3. The Morgan fingerprint density at radius 1 is 1.50 bits per heavy atom. The van der Waals surface area contributed by atoms with Gasteiger partial charge < -0.3 is 15.7 Å². The molecule has 0 rings (SSSR count). The third-order valence-corrected chi connectivity index (χ3v) is 2.20. The van der Waals surface area contributed by atoms with Gasteiger partial charge in [-0.15, -0.1) is 0 Å². The molecule has 0 aliphatic rings. The zero-order valence-electron chi connectivity index (χ0n) is 9.20. The first-order chi connectivity index (χ1) is 6.67. The van der Waals surface area contributed by atoms with Gasteiger partial charge in [0.1, 0.15) is 0 Å². The standard InChI is InChI=1S/C10H22N2O2/c1-3-6-9(11)10(14)12(4-2)7-5-8-13/h9,13H,3-8,11H2,1-2H3. The summed E-state index contributed by atoms with van der Waals surface area (Å²) >= 11 is 0. The molecule has 84 valence electrons. The molecule has 0 bridgehead atoms. The average Bonchev–Trinajstić information content (AvgIpc) is 2.19. The second-order valence-corrected chi connectivity index (χ2v) is 3.39. The maximum Gasteiger partial charge on any atom is 0.239 e. The van der Waals surface area contributed by atoms with Gasteiger partial charge in [0.05, 0.1) is 6.04 Å². The lowest BCUT2D eigenvalue weighted by Crippen LogP contribution is -2.44. The summed E-state index contributed by atoms with van der Waals surface area (Å²) in [5.41, 5.74) is 5.72. The number of nitrogens with zero attached hydrogens (tertiary/aromatic N) is 1. The van der Waals surface area contributed by atoms with E-state index in [0.717, 1.165) is 12.8 Å². The Morgan fingerprint density at radius 2 is 2.14 bits per heavy atom. The van der Waals surface area contributed by atoms with Crippen LogP contribution in [-0.4, -0.2) is 41.7 Å². The van der Waals surface area contributed by atoms with Crippen molar-refractivity contribution >= 4 is 5.91 Å². The van der Waals surface area contributed by atoms with Gasteiger partial charge in [-0.3, -0.25) is 4.79 Å². The van der Waals surface area contributed by atoms with E-state index in [1.165, 1.54) is 0 Å². The van der Waals surface area contributed by atoms with E-state index in [9.17, 15) is 4.79 Å². The smallest absolute Gasteiger partial charge is 0.239 e. The summed E-state index contributed by atoms with van der Waals surface area (Å²) in [5, 5.41) is 8.67. The van der Waals surface area contributed by atoms with Crippen molar-refractivity contribution in [1.29, 1.82) is 0 Å². The van der Waals surface area contributed by atoms with Gasteiger partial charge in [-0.05, 0) is 19.8 Å². The van der Waals surface area contributed by atoms with Crippen LogP contribution in [0.15, 0.2) is 0 Å². The molecule has 0 aromatic carbocycles. The van der Waals surface area contributed by atoms with Crippen LogP contribution in [0.25, 0.3) is 0 Å². The number of nitrogens with two attached hydrogens (primary N) is 1. The second-order valence-electron chi connectivity index (χ2n) is 3.39. The van der Waals surface area contributed by atoms with E-state index in [2.05, 4.69) is 0 Å². The van der Waals surface area contributed by atoms with Crippen LogP contribution in [0.2, 0.25) is 0 Å². The molecule has 1 amide bonds. The molecule has 0 heterocycles. The minimum absolute atomic E-state index is 0.00259. The van der Waals surface area contributed by atoms with E-state index in [0.29, 0.717) is 19.5 Å². The molecule has 0 fully saturated rings. The summed E-state index contributed by atoms with van der Waals surface area (Å²) in [5.74, 6) is 0.00259. The Morgan fingerprint density at radius 3 is 2.57 bits per heavy atom. The summed E-state index contributed by atoms with van der Waals surface area (Å²) < 4.78 is 0. The molecule has 0 aromatic rings. The Balaban J connectivity index is 4.01. The third kappa shape index (κ3) is 4.58. The molecule has 1 atom stereocenters. The quantitative estimate of drug-likeness (QED) is 0.626. The van der Waals surface area contributed by atoms with E-state index < -0.39 is 0 Å². The SMILES string of the molecule is CCCC(N)C(=O)N(CC)CCCO. The van der Waals surface area contributed by atoms with Crippen molar-refractivity contribution in [3.63, 3.8) is 0 Å². The van der Waals surface area contributed by atoms with Gasteiger partial charge in [-0.2, -0.15) is 0 Å². The summed E-state index contributed by atoms with van der Waals surface area (Å²) in [4.78, 5) is 13.4. The van der Waals surface area contributed by atoms with Gasteiger partial charge in [0.25, 0.3) is 0 Å². The fourth-order valence-electron chi connectivity index (χ4n) is 1.35. The maximum absolute atomic E-state index is 11.7. The van der Waals surface area contributed by atoms with Gasteiger partial charge in [-0.1, -0.05) is 13.3 Å². The highest BCUT2D eigenvalue weighted by molar-refractivity contribution is 5.81. The van der Waals surface area contributed by atoms with Gasteiger partial charge in [0, 0.05) is 19.7 Å². The number of carbonyl (C=O) groups excluding carboxylic acids is 1. The van der Waals surface area contributed by atoms with Crippen molar-refractivity contribution in [2.75, 3.05) is 19.7 Å². The molecule has 4 nitrogen and oxygen atoms in total. The molecule has 0 spiro atoms. The maximum atomic E-state index is 11.7.